The van der Waals surface area contributed by atoms with E-state index in [1.165, 1.54) is 6.07 Å². The molecule has 0 bridgehead atoms. The van der Waals surface area contributed by atoms with Crippen LogP contribution in [0.5, 0.6) is 0 Å². The van der Waals surface area contributed by atoms with Crippen LogP contribution < -0.4 is 0 Å². The molecule has 7 heteroatoms. The van der Waals surface area contributed by atoms with Crippen LogP contribution in [0.2, 0.25) is 0 Å². The first-order valence-electron chi connectivity index (χ1n) is 5.87. The molecule has 1 aromatic heterocycles. The minimum absolute atomic E-state index is 0.0833. The van der Waals surface area contributed by atoms with Gasteiger partial charge >= 0.3 is 0 Å². The molecule has 0 spiro atoms. The molecule has 2 rings (SSSR count). The third-order valence-corrected chi connectivity index (χ3v) is 2.89. The summed E-state index contributed by atoms with van der Waals surface area (Å²) in [6.07, 6.45) is 3.49. The minimum Gasteiger partial charge on any atom is -0.258 e. The molecule has 2 aromatic rings. The summed E-state index contributed by atoms with van der Waals surface area (Å²) in [5.41, 5.74) is 1.79. The number of aryl methyl sites for hydroxylation is 1. The monoisotopic (exact) mass is 280 g/mol. The van der Waals surface area contributed by atoms with Gasteiger partial charge in [0.2, 0.25) is 0 Å². The van der Waals surface area contributed by atoms with Crippen molar-refractivity contribution in [2.45, 2.75) is 19.4 Å². The zero-order valence-corrected chi connectivity index (χ0v) is 11.0. The number of nitro groups is 1. The summed E-state index contributed by atoms with van der Waals surface area (Å²) in [5, 5.41) is 18.7. The fourth-order valence-corrected chi connectivity index (χ4v) is 1.87. The van der Waals surface area contributed by atoms with Gasteiger partial charge in [-0.25, -0.2) is 4.68 Å². The summed E-state index contributed by atoms with van der Waals surface area (Å²) < 4.78 is 1.67. The molecule has 0 unspecified atom stereocenters. The van der Waals surface area contributed by atoms with E-state index in [1.807, 2.05) is 12.3 Å². The van der Waals surface area contributed by atoms with Crippen molar-refractivity contribution in [3.63, 3.8) is 0 Å². The Bertz CT molecular complexity index is 570. The lowest BCUT2D eigenvalue weighted by molar-refractivity contribution is -0.384. The average molecular weight is 281 g/mol. The number of benzene rings is 1. The molecule has 0 aliphatic heterocycles. The van der Waals surface area contributed by atoms with Crippen LogP contribution in [0, 0.1) is 10.1 Å². The number of alkyl halides is 1. The van der Waals surface area contributed by atoms with Gasteiger partial charge in [-0.3, -0.25) is 10.1 Å². The van der Waals surface area contributed by atoms with Crippen LogP contribution in [0.25, 0.3) is 0 Å². The second-order valence-corrected chi connectivity index (χ2v) is 4.50. The number of rotatable bonds is 6. The van der Waals surface area contributed by atoms with Crippen molar-refractivity contribution in [1.29, 1.82) is 0 Å². The van der Waals surface area contributed by atoms with E-state index in [1.54, 1.807) is 16.8 Å². The standard InChI is InChI=1S/C12H13ClN4O2/c13-6-2-4-11-9-16(15-14-11)8-10-3-1-5-12(7-10)17(18)19/h1,3,5,7,9H,2,4,6,8H2. The fourth-order valence-electron chi connectivity index (χ4n) is 1.73. The van der Waals surface area contributed by atoms with Crippen molar-refractivity contribution < 1.29 is 4.92 Å². The third-order valence-electron chi connectivity index (χ3n) is 2.62. The zero-order valence-electron chi connectivity index (χ0n) is 10.2. The van der Waals surface area contributed by atoms with Crippen LogP contribution in [-0.2, 0) is 13.0 Å². The van der Waals surface area contributed by atoms with Crippen molar-refractivity contribution in [3.05, 3.63) is 51.8 Å². The van der Waals surface area contributed by atoms with E-state index < -0.39 is 4.92 Å². The van der Waals surface area contributed by atoms with Crippen molar-refractivity contribution in [1.82, 2.24) is 15.0 Å². The molecule has 0 aliphatic rings. The smallest absolute Gasteiger partial charge is 0.258 e. The van der Waals surface area contributed by atoms with Crippen LogP contribution in [0.4, 0.5) is 5.69 Å². The van der Waals surface area contributed by atoms with Gasteiger partial charge in [0.05, 0.1) is 17.2 Å². The molecule has 6 nitrogen and oxygen atoms in total. The van der Waals surface area contributed by atoms with Gasteiger partial charge < -0.3 is 0 Å². The normalized spacial score (nSPS) is 10.6. The quantitative estimate of drug-likeness (QED) is 0.463. The Morgan fingerprint density at radius 3 is 3.00 bits per heavy atom. The Hall–Kier alpha value is -1.95. The highest BCUT2D eigenvalue weighted by Crippen LogP contribution is 2.14. The lowest BCUT2D eigenvalue weighted by atomic mass is 10.2. The van der Waals surface area contributed by atoms with E-state index in [2.05, 4.69) is 10.3 Å². The van der Waals surface area contributed by atoms with Crippen LogP contribution in [-0.4, -0.2) is 25.8 Å². The molecule has 0 atom stereocenters. The number of non-ortho nitro benzene ring substituents is 1. The summed E-state index contributed by atoms with van der Waals surface area (Å²) >= 11 is 5.62. The highest BCUT2D eigenvalue weighted by molar-refractivity contribution is 6.17. The van der Waals surface area contributed by atoms with Gasteiger partial charge in [0, 0.05) is 24.2 Å². The van der Waals surface area contributed by atoms with Gasteiger partial charge in [0.15, 0.2) is 0 Å². The number of nitrogens with zero attached hydrogens (tertiary/aromatic N) is 4. The number of halogens is 1. The Kier molecular flexibility index (Phi) is 4.46. The Balaban J connectivity index is 2.06. The summed E-state index contributed by atoms with van der Waals surface area (Å²) in [5.74, 6) is 0.595. The van der Waals surface area contributed by atoms with Crippen LogP contribution in [0.3, 0.4) is 0 Å². The van der Waals surface area contributed by atoms with E-state index in [0.717, 1.165) is 24.1 Å². The fraction of sp³-hybridized carbons (Fsp3) is 0.333. The lowest BCUT2D eigenvalue weighted by Gasteiger charge is -2.00. The lowest BCUT2D eigenvalue weighted by Crippen LogP contribution is -2.01. The number of hydrogen-bond donors (Lipinski definition) is 0. The van der Waals surface area contributed by atoms with Gasteiger partial charge in [-0.1, -0.05) is 17.3 Å². The molecular weight excluding hydrogens is 268 g/mol. The molecular formula is C12H13ClN4O2. The Morgan fingerprint density at radius 2 is 2.26 bits per heavy atom. The SMILES string of the molecule is O=[N+]([O-])c1cccc(Cn2cc(CCCCl)nn2)c1. The van der Waals surface area contributed by atoms with Gasteiger partial charge in [0.25, 0.3) is 5.69 Å². The van der Waals surface area contributed by atoms with Crippen molar-refractivity contribution in [2.24, 2.45) is 0 Å². The maximum absolute atomic E-state index is 10.7. The number of nitro benzene ring substituents is 1. The van der Waals surface area contributed by atoms with E-state index in [4.69, 9.17) is 11.6 Å². The molecule has 1 aromatic carbocycles. The highest BCUT2D eigenvalue weighted by atomic mass is 35.5. The van der Waals surface area contributed by atoms with Gasteiger partial charge in [0.1, 0.15) is 0 Å². The Morgan fingerprint density at radius 1 is 1.42 bits per heavy atom. The second kappa shape index (κ2) is 6.29. The van der Waals surface area contributed by atoms with Crippen LogP contribution in [0.1, 0.15) is 17.7 Å². The van der Waals surface area contributed by atoms with Crippen molar-refractivity contribution >= 4 is 17.3 Å². The topological polar surface area (TPSA) is 73.8 Å². The predicted molar refractivity (Wildman–Crippen MR) is 71.3 cm³/mol. The summed E-state index contributed by atoms with van der Waals surface area (Å²) in [7, 11) is 0. The third kappa shape index (κ3) is 3.75. The molecule has 1 heterocycles. The van der Waals surface area contributed by atoms with Crippen molar-refractivity contribution in [2.75, 3.05) is 5.88 Å². The zero-order chi connectivity index (χ0) is 13.7. The molecule has 19 heavy (non-hydrogen) atoms. The molecule has 0 saturated heterocycles. The molecule has 0 saturated carbocycles. The van der Waals surface area contributed by atoms with E-state index in [-0.39, 0.29) is 5.69 Å². The molecule has 0 amide bonds. The van der Waals surface area contributed by atoms with Crippen LogP contribution in [0.15, 0.2) is 30.5 Å². The molecule has 0 aliphatic carbocycles. The summed E-state index contributed by atoms with van der Waals surface area (Å²) in [6.45, 7) is 0.468. The minimum atomic E-state index is -0.406. The average Bonchev–Trinajstić information content (AvgIpc) is 2.84. The maximum atomic E-state index is 10.7. The van der Waals surface area contributed by atoms with Gasteiger partial charge in [-0.15, -0.1) is 16.7 Å². The largest absolute Gasteiger partial charge is 0.269 e. The summed E-state index contributed by atoms with van der Waals surface area (Å²) in [4.78, 5) is 10.3. The first kappa shape index (κ1) is 13.5. The first-order chi connectivity index (χ1) is 9.19. The van der Waals surface area contributed by atoms with Crippen LogP contribution >= 0.6 is 11.6 Å². The van der Waals surface area contributed by atoms with Crippen molar-refractivity contribution in [3.8, 4) is 0 Å². The van der Waals surface area contributed by atoms with Gasteiger partial charge in [-0.05, 0) is 18.4 Å². The molecule has 0 radical (unpaired) electrons. The molecule has 100 valence electrons. The summed E-state index contributed by atoms with van der Waals surface area (Å²) in [6, 6.07) is 6.50. The van der Waals surface area contributed by atoms with E-state index in [9.17, 15) is 10.1 Å². The number of aromatic nitrogens is 3. The maximum Gasteiger partial charge on any atom is 0.269 e. The van der Waals surface area contributed by atoms with Gasteiger partial charge in [-0.2, -0.15) is 0 Å². The van der Waals surface area contributed by atoms with E-state index >= 15 is 0 Å². The first-order valence-corrected chi connectivity index (χ1v) is 6.41. The second-order valence-electron chi connectivity index (χ2n) is 4.13. The Labute approximate surface area is 115 Å². The number of hydrogen-bond acceptors (Lipinski definition) is 4. The van der Waals surface area contributed by atoms with E-state index in [0.29, 0.717) is 12.4 Å². The highest BCUT2D eigenvalue weighted by Gasteiger charge is 2.07. The molecule has 0 N–H and O–H groups in total. The predicted octanol–water partition coefficient (Wildman–Crippen LogP) is 2.41. The molecule has 0 fully saturated rings.